The summed E-state index contributed by atoms with van der Waals surface area (Å²) >= 11 is 0. The lowest BCUT2D eigenvalue weighted by atomic mass is 9.79. The topological polar surface area (TPSA) is 393 Å². The zero-order valence-electron chi connectivity index (χ0n) is 44.5. The van der Waals surface area contributed by atoms with Crippen LogP contribution in [0.2, 0.25) is 0 Å². The lowest BCUT2D eigenvalue weighted by Gasteiger charge is -2.37. The van der Waals surface area contributed by atoms with Crippen LogP contribution in [0.4, 0.5) is 0 Å². The number of carbonyl (C=O) groups excluding carboxylic acids is 16. The maximum Gasteiger partial charge on any atom is 0.336 e. The van der Waals surface area contributed by atoms with Gasteiger partial charge in [0.05, 0.1) is 5.56 Å². The maximum atomic E-state index is 13.8. The van der Waals surface area contributed by atoms with E-state index in [1.807, 2.05) is 0 Å². The molecule has 1 aliphatic heterocycles. The number of Topliss-reactive ketones (excluding diaryl/α,β-unsaturated/α-hetero) is 8. The van der Waals surface area contributed by atoms with Crippen LogP contribution in [0.1, 0.15) is 146 Å². The molecule has 2 atom stereocenters. The minimum Gasteiger partial charge on any atom is -0.485 e. The van der Waals surface area contributed by atoms with Crippen molar-refractivity contribution in [3.8, 4) is 51.7 Å². The number of carboxylic acid groups (broad SMARTS) is 1. The molecule has 0 fully saturated rings. The van der Waals surface area contributed by atoms with Gasteiger partial charge >= 0.3 is 53.7 Å². The monoisotopic (exact) mass is 1130 g/mol. The Morgan fingerprint density at radius 2 is 0.716 bits per heavy atom. The summed E-state index contributed by atoms with van der Waals surface area (Å²) < 4.78 is 50.4. The molecule has 4 rings (SSSR count). The molecule has 27 nitrogen and oxygen atoms in total. The molecular weight excluding hydrogens is 1080 g/mol. The molecule has 0 amide bonds. The number of benzene rings is 3. The molecule has 0 saturated carbocycles. The van der Waals surface area contributed by atoms with Crippen LogP contribution in [0.15, 0.2) is 30.3 Å². The first-order valence-corrected chi connectivity index (χ1v) is 23.9. The van der Waals surface area contributed by atoms with Crippen molar-refractivity contribution >= 4 is 100.0 Å². The molecule has 0 saturated heterocycles. The van der Waals surface area contributed by atoms with E-state index in [-0.39, 0.29) is 5.56 Å². The fourth-order valence-electron chi connectivity index (χ4n) is 7.49. The molecule has 0 spiro atoms. The van der Waals surface area contributed by atoms with Gasteiger partial charge in [0.25, 0.3) is 0 Å². The zero-order valence-corrected chi connectivity index (χ0v) is 44.5. The standard InChI is InChI=1S/C54H50O27/c1-23(55)9-41(63)73-32-19-36(74-42(64)10-24(2)56)33-21-34(49-35(54(71)72)22-40(77-45(67)13-27(5)59)52(80-47(69)15-29(7)61)53(49)81-48(70)16-30(8)62)50(78-37(33)20-32)31-17-38(75-43(65)11-25(3)57)51(79-46(68)14-28(6)60)39(18-31)76-44(66)12-26(4)58/h17-20,22,34,50H,9-16,21H2,1-8H3,(H,71,72)/t34-,50+/m1/s1. The van der Waals surface area contributed by atoms with E-state index in [9.17, 15) is 86.6 Å². The molecule has 3 aromatic carbocycles. The Kier molecular flexibility index (Phi) is 22.0. The van der Waals surface area contributed by atoms with Crippen molar-refractivity contribution in [1.82, 2.24) is 0 Å². The van der Waals surface area contributed by atoms with Crippen LogP contribution in [-0.4, -0.2) is 105 Å². The van der Waals surface area contributed by atoms with E-state index >= 15 is 0 Å². The summed E-state index contributed by atoms with van der Waals surface area (Å²) in [5.74, 6) is -28.9. The highest BCUT2D eigenvalue weighted by Gasteiger charge is 2.43. The summed E-state index contributed by atoms with van der Waals surface area (Å²) in [4.78, 5) is 217. The first-order valence-electron chi connectivity index (χ1n) is 23.9. The van der Waals surface area contributed by atoms with Crippen LogP contribution in [-0.2, 0) is 83.1 Å². The van der Waals surface area contributed by atoms with Gasteiger partial charge < -0.3 is 47.7 Å². The molecular formula is C54H50O27. The van der Waals surface area contributed by atoms with Crippen molar-refractivity contribution < 1.29 is 129 Å². The fraction of sp³-hybridized carbons (Fsp3) is 0.352. The normalized spacial score (nSPS) is 13.0. The highest BCUT2D eigenvalue weighted by atomic mass is 16.6. The number of esters is 8. The molecule has 0 unspecified atom stereocenters. The largest absolute Gasteiger partial charge is 0.485 e. The molecule has 81 heavy (non-hydrogen) atoms. The molecule has 1 N–H and O–H groups in total. The fourth-order valence-corrected chi connectivity index (χ4v) is 7.49. The third-order valence-corrected chi connectivity index (χ3v) is 10.3. The molecule has 0 radical (unpaired) electrons. The van der Waals surface area contributed by atoms with Crippen LogP contribution >= 0.6 is 0 Å². The van der Waals surface area contributed by atoms with Crippen molar-refractivity contribution in [2.45, 2.75) is 125 Å². The number of hydrogen-bond donors (Lipinski definition) is 1. The molecule has 0 bridgehead atoms. The molecule has 428 valence electrons. The molecule has 3 aromatic rings. The minimum atomic E-state index is -2.06. The summed E-state index contributed by atoms with van der Waals surface area (Å²) in [5, 5.41) is 11.1. The number of hydrogen-bond acceptors (Lipinski definition) is 26. The number of rotatable bonds is 27. The second kappa shape index (κ2) is 28.1. The average Bonchev–Trinajstić information content (AvgIpc) is 3.44. The van der Waals surface area contributed by atoms with Gasteiger partial charge in [-0.1, -0.05) is 0 Å². The van der Waals surface area contributed by atoms with Gasteiger partial charge in [0.2, 0.25) is 11.5 Å². The van der Waals surface area contributed by atoms with Crippen molar-refractivity contribution in [2.24, 2.45) is 0 Å². The van der Waals surface area contributed by atoms with E-state index in [1.54, 1.807) is 0 Å². The molecule has 1 aliphatic rings. The predicted molar refractivity (Wildman–Crippen MR) is 264 cm³/mol. The van der Waals surface area contributed by atoms with E-state index in [1.165, 1.54) is 0 Å². The second-order valence-corrected chi connectivity index (χ2v) is 18.2. The Balaban J connectivity index is 2.38. The van der Waals surface area contributed by atoms with Gasteiger partial charge in [0.1, 0.15) is 121 Å². The Morgan fingerprint density at radius 1 is 0.395 bits per heavy atom. The van der Waals surface area contributed by atoms with Crippen LogP contribution in [0.25, 0.3) is 0 Å². The lowest BCUT2D eigenvalue weighted by molar-refractivity contribution is -0.141. The van der Waals surface area contributed by atoms with Crippen LogP contribution in [0.5, 0.6) is 51.7 Å². The number of carboxylic acids is 1. The van der Waals surface area contributed by atoms with Crippen LogP contribution in [0, 0.1) is 0 Å². The number of fused-ring (bicyclic) bond motifs is 1. The van der Waals surface area contributed by atoms with E-state index < -0.39 is 238 Å². The summed E-state index contributed by atoms with van der Waals surface area (Å²) in [6.07, 6.45) is -10.6. The first-order chi connectivity index (χ1) is 37.8. The Labute approximate surface area is 457 Å². The number of aromatic carboxylic acids is 1. The van der Waals surface area contributed by atoms with Gasteiger partial charge in [0, 0.05) is 34.7 Å². The smallest absolute Gasteiger partial charge is 0.336 e. The first kappa shape index (κ1) is 63.6. The summed E-state index contributed by atoms with van der Waals surface area (Å²) in [6.45, 7) is 7.89. The van der Waals surface area contributed by atoms with Gasteiger partial charge in [-0.25, -0.2) is 4.79 Å². The van der Waals surface area contributed by atoms with Crippen molar-refractivity contribution in [1.29, 1.82) is 0 Å². The number of carbonyl (C=O) groups is 17. The van der Waals surface area contributed by atoms with E-state index in [4.69, 9.17) is 42.6 Å². The van der Waals surface area contributed by atoms with Gasteiger partial charge in [-0.15, -0.1) is 0 Å². The van der Waals surface area contributed by atoms with Crippen molar-refractivity contribution in [2.75, 3.05) is 0 Å². The van der Waals surface area contributed by atoms with Gasteiger partial charge in [-0.05, 0) is 80.0 Å². The molecule has 0 aromatic heterocycles. The predicted octanol–water partition coefficient (Wildman–Crippen LogP) is 3.92. The average molecular weight is 1130 g/mol. The SMILES string of the molecule is CC(=O)CC(=O)Oc1cc(OC(=O)CC(C)=O)c2c(c1)O[C@@H](c1cc(OC(=O)CC(C)=O)c(OC(=O)CC(C)=O)c(OC(=O)CC(C)=O)c1)[C@@H](c1c(C(=O)O)cc(OC(=O)CC(C)=O)c(OC(=O)CC(C)=O)c1OC(=O)CC(C)=O)C2. The van der Waals surface area contributed by atoms with E-state index in [0.29, 0.717) is 6.07 Å². The quantitative estimate of drug-likeness (QED) is 0.0642. The Bertz CT molecular complexity index is 3180. The Morgan fingerprint density at radius 3 is 1.09 bits per heavy atom. The van der Waals surface area contributed by atoms with Gasteiger partial charge in [0.15, 0.2) is 23.0 Å². The second-order valence-electron chi connectivity index (χ2n) is 18.2. The van der Waals surface area contributed by atoms with E-state index in [0.717, 1.165) is 79.7 Å². The van der Waals surface area contributed by atoms with Gasteiger partial charge in [-0.3, -0.25) is 76.7 Å². The minimum absolute atomic E-state index is 0.306. The summed E-state index contributed by atoms with van der Waals surface area (Å²) in [5.41, 5.74) is -2.69. The molecule has 1 heterocycles. The highest BCUT2D eigenvalue weighted by molar-refractivity contribution is 6.02. The van der Waals surface area contributed by atoms with Gasteiger partial charge in [-0.2, -0.15) is 0 Å². The molecule has 27 heteroatoms. The molecule has 0 aliphatic carbocycles. The van der Waals surface area contributed by atoms with Crippen molar-refractivity contribution in [3.63, 3.8) is 0 Å². The maximum absolute atomic E-state index is 13.8. The summed E-state index contributed by atoms with van der Waals surface area (Å²) in [6, 6.07) is 4.11. The third kappa shape index (κ3) is 19.2. The highest BCUT2D eigenvalue weighted by Crippen LogP contribution is 2.56. The van der Waals surface area contributed by atoms with Crippen LogP contribution in [0.3, 0.4) is 0 Å². The lowest BCUT2D eigenvalue weighted by Crippen LogP contribution is -2.29. The van der Waals surface area contributed by atoms with E-state index in [2.05, 4.69) is 0 Å². The zero-order chi connectivity index (χ0) is 60.7. The number of ether oxygens (including phenoxy) is 9. The Hall–Kier alpha value is -9.95. The summed E-state index contributed by atoms with van der Waals surface area (Å²) in [7, 11) is 0. The van der Waals surface area contributed by atoms with Crippen molar-refractivity contribution in [3.05, 3.63) is 52.6 Å². The third-order valence-electron chi connectivity index (χ3n) is 10.3. The number of ketones is 8. The van der Waals surface area contributed by atoms with Crippen LogP contribution < -0.4 is 42.6 Å².